The third-order valence-corrected chi connectivity index (χ3v) is 3.52. The van der Waals surface area contributed by atoms with Crippen molar-refractivity contribution in [3.8, 4) is 11.5 Å². The number of non-ortho nitro benzene ring substituents is 1. The largest absolute Gasteiger partial charge is 0.457 e. The van der Waals surface area contributed by atoms with E-state index in [1.165, 1.54) is 12.3 Å². The van der Waals surface area contributed by atoms with Crippen molar-refractivity contribution in [3.05, 3.63) is 69.4 Å². The molecule has 0 aliphatic rings. The monoisotopic (exact) mass is 344 g/mol. The molecular weight excluding hydrogens is 336 g/mol. The van der Waals surface area contributed by atoms with Crippen LogP contribution in [-0.4, -0.2) is 9.91 Å². The molecule has 0 radical (unpaired) electrons. The fraction of sp³-hybridized carbons (Fsp3) is 0. The minimum atomic E-state index is -0.423. The molecule has 0 aliphatic carbocycles. The highest BCUT2D eigenvalue weighted by molar-refractivity contribution is 9.10. The highest BCUT2D eigenvalue weighted by atomic mass is 79.9. The van der Waals surface area contributed by atoms with Crippen LogP contribution in [0.25, 0.3) is 10.8 Å². The topological polar surface area (TPSA) is 65.3 Å². The van der Waals surface area contributed by atoms with E-state index in [1.54, 1.807) is 18.3 Å². The molecule has 0 atom stereocenters. The molecule has 0 N–H and O–H groups in total. The summed E-state index contributed by atoms with van der Waals surface area (Å²) >= 11 is 3.36. The summed E-state index contributed by atoms with van der Waals surface area (Å²) in [5.74, 6) is 1.21. The Morgan fingerprint density at radius 3 is 2.52 bits per heavy atom. The third-order valence-electron chi connectivity index (χ3n) is 2.99. The van der Waals surface area contributed by atoms with Gasteiger partial charge in [-0.05, 0) is 36.4 Å². The summed E-state index contributed by atoms with van der Waals surface area (Å²) in [5.41, 5.74) is 0.0151. The van der Waals surface area contributed by atoms with Crippen molar-refractivity contribution in [1.29, 1.82) is 0 Å². The molecule has 1 heterocycles. The average Bonchev–Trinajstić information content (AvgIpc) is 2.49. The maximum Gasteiger partial charge on any atom is 0.279 e. The fourth-order valence-corrected chi connectivity index (χ4v) is 2.29. The molecule has 6 heteroatoms. The van der Waals surface area contributed by atoms with Crippen molar-refractivity contribution < 1.29 is 9.66 Å². The number of hydrogen-bond acceptors (Lipinski definition) is 4. The van der Waals surface area contributed by atoms with Crippen molar-refractivity contribution >= 4 is 32.4 Å². The van der Waals surface area contributed by atoms with Gasteiger partial charge in [-0.2, -0.15) is 0 Å². The van der Waals surface area contributed by atoms with Gasteiger partial charge < -0.3 is 4.74 Å². The molecule has 1 aromatic heterocycles. The van der Waals surface area contributed by atoms with Gasteiger partial charge in [-0.25, -0.2) is 0 Å². The van der Waals surface area contributed by atoms with Crippen LogP contribution >= 0.6 is 15.9 Å². The van der Waals surface area contributed by atoms with Gasteiger partial charge in [0.25, 0.3) is 5.69 Å². The Labute approximate surface area is 128 Å². The number of nitro benzene ring substituents is 1. The van der Waals surface area contributed by atoms with Gasteiger partial charge >= 0.3 is 0 Å². The predicted octanol–water partition coefficient (Wildman–Crippen LogP) is 4.70. The first-order chi connectivity index (χ1) is 10.1. The second kappa shape index (κ2) is 5.49. The fourth-order valence-electron chi connectivity index (χ4n) is 2.03. The smallest absolute Gasteiger partial charge is 0.279 e. The van der Waals surface area contributed by atoms with Gasteiger partial charge in [0.05, 0.1) is 10.3 Å². The molecule has 104 valence electrons. The minimum Gasteiger partial charge on any atom is -0.457 e. The first-order valence-electron chi connectivity index (χ1n) is 6.10. The minimum absolute atomic E-state index is 0.0151. The van der Waals surface area contributed by atoms with E-state index < -0.39 is 4.92 Å². The Morgan fingerprint density at radius 1 is 1.05 bits per heavy atom. The van der Waals surface area contributed by atoms with E-state index >= 15 is 0 Å². The number of benzene rings is 2. The molecule has 3 aromatic rings. The van der Waals surface area contributed by atoms with Crippen LogP contribution < -0.4 is 4.74 Å². The van der Waals surface area contributed by atoms with Crippen LogP contribution in [0.1, 0.15) is 0 Å². The van der Waals surface area contributed by atoms with Crippen LogP contribution in [-0.2, 0) is 0 Å². The number of rotatable bonds is 3. The van der Waals surface area contributed by atoms with E-state index in [1.807, 2.05) is 24.3 Å². The Hall–Kier alpha value is -2.47. The summed E-state index contributed by atoms with van der Waals surface area (Å²) in [6, 6.07) is 12.1. The summed E-state index contributed by atoms with van der Waals surface area (Å²) < 4.78 is 6.76. The predicted molar refractivity (Wildman–Crippen MR) is 82.6 cm³/mol. The Balaban J connectivity index is 2.09. The highest BCUT2D eigenvalue weighted by Gasteiger charge is 2.15. The number of nitrogens with zero attached hydrogens (tertiary/aromatic N) is 2. The van der Waals surface area contributed by atoms with Crippen LogP contribution in [0, 0.1) is 10.1 Å². The van der Waals surface area contributed by atoms with Gasteiger partial charge in [0.1, 0.15) is 11.5 Å². The van der Waals surface area contributed by atoms with Gasteiger partial charge in [-0.1, -0.05) is 15.9 Å². The number of fused-ring (bicyclic) bond motifs is 1. The van der Waals surface area contributed by atoms with E-state index in [9.17, 15) is 10.1 Å². The van der Waals surface area contributed by atoms with Gasteiger partial charge in [-0.3, -0.25) is 15.1 Å². The molecular formula is C15H9BrN2O3. The number of halogens is 1. The van der Waals surface area contributed by atoms with Crippen molar-refractivity contribution in [2.45, 2.75) is 0 Å². The van der Waals surface area contributed by atoms with Crippen molar-refractivity contribution in [3.63, 3.8) is 0 Å². The zero-order valence-corrected chi connectivity index (χ0v) is 12.3. The zero-order valence-electron chi connectivity index (χ0n) is 10.7. The van der Waals surface area contributed by atoms with E-state index in [2.05, 4.69) is 20.9 Å². The lowest BCUT2D eigenvalue weighted by Crippen LogP contribution is -1.92. The molecule has 0 aliphatic heterocycles. The molecule has 0 saturated heterocycles. The summed E-state index contributed by atoms with van der Waals surface area (Å²) in [6.45, 7) is 0. The molecule has 0 spiro atoms. The average molecular weight is 345 g/mol. The van der Waals surface area contributed by atoms with Crippen LogP contribution in [0.3, 0.4) is 0 Å². The normalized spacial score (nSPS) is 10.5. The maximum absolute atomic E-state index is 11.1. The van der Waals surface area contributed by atoms with Gasteiger partial charge in [0.2, 0.25) is 0 Å². The van der Waals surface area contributed by atoms with E-state index in [0.717, 1.165) is 4.47 Å². The number of ether oxygens (including phenoxy) is 1. The van der Waals surface area contributed by atoms with Crippen molar-refractivity contribution in [1.82, 2.24) is 4.98 Å². The Morgan fingerprint density at radius 2 is 1.81 bits per heavy atom. The SMILES string of the molecule is O=[N+]([O-])c1ccc(Oc2ccc(Br)cc2)c2ccncc12. The molecule has 0 saturated carbocycles. The van der Waals surface area contributed by atoms with Crippen LogP contribution in [0.15, 0.2) is 59.3 Å². The van der Waals surface area contributed by atoms with Crippen LogP contribution in [0.5, 0.6) is 11.5 Å². The first-order valence-corrected chi connectivity index (χ1v) is 6.89. The lowest BCUT2D eigenvalue weighted by molar-refractivity contribution is -0.383. The summed E-state index contributed by atoms with van der Waals surface area (Å²) in [4.78, 5) is 14.6. The molecule has 5 nitrogen and oxygen atoms in total. The molecule has 0 unspecified atom stereocenters. The summed E-state index contributed by atoms with van der Waals surface area (Å²) in [7, 11) is 0. The van der Waals surface area contributed by atoms with Crippen molar-refractivity contribution in [2.75, 3.05) is 0 Å². The summed E-state index contributed by atoms with van der Waals surface area (Å²) in [6.07, 6.45) is 3.06. The lowest BCUT2D eigenvalue weighted by Gasteiger charge is -2.09. The second-order valence-electron chi connectivity index (χ2n) is 4.32. The maximum atomic E-state index is 11.1. The molecule has 21 heavy (non-hydrogen) atoms. The Kier molecular flexibility index (Phi) is 3.53. The number of aromatic nitrogens is 1. The molecule has 0 fully saturated rings. The number of nitro groups is 1. The summed E-state index contributed by atoms with van der Waals surface area (Å²) in [5, 5.41) is 12.2. The molecule has 2 aromatic carbocycles. The van der Waals surface area contributed by atoms with Gasteiger partial charge in [0, 0.05) is 28.3 Å². The van der Waals surface area contributed by atoms with E-state index in [-0.39, 0.29) is 5.69 Å². The zero-order chi connectivity index (χ0) is 14.8. The molecule has 3 rings (SSSR count). The standard InChI is InChI=1S/C15H9BrN2O3/c16-10-1-3-11(4-2-10)21-15-6-5-14(18(19)20)13-9-17-8-7-12(13)15/h1-9H. The van der Waals surface area contributed by atoms with Crippen LogP contribution in [0.2, 0.25) is 0 Å². The quantitative estimate of drug-likeness (QED) is 0.510. The third kappa shape index (κ3) is 2.71. The van der Waals surface area contributed by atoms with Gasteiger partial charge in [-0.15, -0.1) is 0 Å². The van der Waals surface area contributed by atoms with Crippen LogP contribution in [0.4, 0.5) is 5.69 Å². The lowest BCUT2D eigenvalue weighted by atomic mass is 10.1. The van der Waals surface area contributed by atoms with E-state index in [4.69, 9.17) is 4.74 Å². The molecule has 0 amide bonds. The first kappa shape index (κ1) is 13.5. The highest BCUT2D eigenvalue weighted by Crippen LogP contribution is 2.34. The number of hydrogen-bond donors (Lipinski definition) is 0. The van der Waals surface area contributed by atoms with Gasteiger partial charge in [0.15, 0.2) is 0 Å². The number of pyridine rings is 1. The van der Waals surface area contributed by atoms with Crippen molar-refractivity contribution in [2.24, 2.45) is 0 Å². The Bertz CT molecular complexity index is 819. The van der Waals surface area contributed by atoms with E-state index in [0.29, 0.717) is 22.3 Å². The molecule has 0 bridgehead atoms. The second-order valence-corrected chi connectivity index (χ2v) is 5.23.